The van der Waals surface area contributed by atoms with E-state index in [-0.39, 0.29) is 5.91 Å². The first-order chi connectivity index (χ1) is 9.13. The Balaban J connectivity index is 2.02. The molecular weight excluding hydrogens is 260 g/mol. The van der Waals surface area contributed by atoms with Crippen LogP contribution in [0.1, 0.15) is 30.1 Å². The largest absolute Gasteiger partial charge is 0.339 e. The van der Waals surface area contributed by atoms with Crippen LogP contribution in [0.2, 0.25) is 5.02 Å². The molecular formula is C15H21ClN2O. The Labute approximate surface area is 120 Å². The summed E-state index contributed by atoms with van der Waals surface area (Å²) in [6, 6.07) is 7.59. The van der Waals surface area contributed by atoms with Crippen molar-refractivity contribution in [1.29, 1.82) is 0 Å². The van der Waals surface area contributed by atoms with Crippen LogP contribution in [0.15, 0.2) is 24.3 Å². The molecule has 0 N–H and O–H groups in total. The van der Waals surface area contributed by atoms with Crippen LogP contribution in [0.25, 0.3) is 0 Å². The van der Waals surface area contributed by atoms with E-state index in [4.69, 9.17) is 11.6 Å². The molecule has 104 valence electrons. The van der Waals surface area contributed by atoms with Gasteiger partial charge in [-0.15, -0.1) is 0 Å². The summed E-state index contributed by atoms with van der Waals surface area (Å²) < 4.78 is 0. The maximum atomic E-state index is 12.4. The summed E-state index contributed by atoms with van der Waals surface area (Å²) >= 11 is 6.09. The zero-order chi connectivity index (χ0) is 13.8. The second kappa shape index (κ2) is 6.40. The van der Waals surface area contributed by atoms with Crippen molar-refractivity contribution in [1.82, 2.24) is 9.80 Å². The lowest BCUT2D eigenvalue weighted by atomic mass is 10.0. The number of benzene rings is 1. The molecule has 1 aromatic rings. The van der Waals surface area contributed by atoms with Crippen LogP contribution < -0.4 is 0 Å². The Hall–Kier alpha value is -1.06. The quantitative estimate of drug-likeness (QED) is 0.850. The van der Waals surface area contributed by atoms with E-state index in [1.54, 1.807) is 12.1 Å². The maximum Gasteiger partial charge on any atom is 0.255 e. The average Bonchev–Trinajstić information content (AvgIpc) is 2.46. The molecule has 1 aliphatic rings. The van der Waals surface area contributed by atoms with Crippen LogP contribution in [0.3, 0.4) is 0 Å². The predicted molar refractivity (Wildman–Crippen MR) is 78.7 cm³/mol. The fourth-order valence-corrected chi connectivity index (χ4v) is 2.83. The van der Waals surface area contributed by atoms with Gasteiger partial charge < -0.3 is 9.80 Å². The number of hydrogen-bond donors (Lipinski definition) is 0. The van der Waals surface area contributed by atoms with E-state index in [1.807, 2.05) is 24.1 Å². The van der Waals surface area contributed by atoms with Gasteiger partial charge in [-0.2, -0.15) is 0 Å². The van der Waals surface area contributed by atoms with Gasteiger partial charge in [-0.1, -0.05) is 30.7 Å². The second-order valence-corrected chi connectivity index (χ2v) is 5.47. The zero-order valence-corrected chi connectivity index (χ0v) is 12.4. The van der Waals surface area contributed by atoms with Gasteiger partial charge in [-0.25, -0.2) is 0 Å². The highest BCUT2D eigenvalue weighted by atomic mass is 35.5. The van der Waals surface area contributed by atoms with E-state index in [1.165, 1.54) is 0 Å². The average molecular weight is 281 g/mol. The summed E-state index contributed by atoms with van der Waals surface area (Å²) in [6.07, 6.45) is 2.08. The highest BCUT2D eigenvalue weighted by Crippen LogP contribution is 2.21. The molecule has 3 nitrogen and oxygen atoms in total. The lowest BCUT2D eigenvalue weighted by Gasteiger charge is -2.36. The molecule has 19 heavy (non-hydrogen) atoms. The van der Waals surface area contributed by atoms with Crippen molar-refractivity contribution in [2.45, 2.75) is 25.8 Å². The van der Waals surface area contributed by atoms with Crippen molar-refractivity contribution in [2.75, 3.05) is 26.7 Å². The van der Waals surface area contributed by atoms with Crippen molar-refractivity contribution in [3.8, 4) is 0 Å². The lowest BCUT2D eigenvalue weighted by Crippen LogP contribution is -2.45. The van der Waals surface area contributed by atoms with Crippen molar-refractivity contribution in [3.05, 3.63) is 34.9 Å². The number of carbonyl (C=O) groups is 1. The van der Waals surface area contributed by atoms with Crippen LogP contribution in [0, 0.1) is 0 Å². The molecule has 0 unspecified atom stereocenters. The molecule has 0 bridgehead atoms. The molecule has 0 aliphatic carbocycles. The molecule has 1 aromatic carbocycles. The summed E-state index contributed by atoms with van der Waals surface area (Å²) in [4.78, 5) is 16.7. The third-order valence-electron chi connectivity index (χ3n) is 3.98. The molecule has 0 saturated carbocycles. The molecule has 0 aromatic heterocycles. The van der Waals surface area contributed by atoms with Crippen LogP contribution in [-0.2, 0) is 0 Å². The van der Waals surface area contributed by atoms with Gasteiger partial charge in [0.25, 0.3) is 5.91 Å². The Kier molecular flexibility index (Phi) is 4.83. The standard InChI is InChI=1S/C15H21ClN2O/c1-3-18-10-8-12(9-11-18)17(2)15(19)13-6-4-5-7-14(13)16/h4-7,12H,3,8-11H2,1-2H3. The number of nitrogens with zero attached hydrogens (tertiary/aromatic N) is 2. The molecule has 4 heteroatoms. The van der Waals surface area contributed by atoms with E-state index in [0.717, 1.165) is 32.5 Å². The molecule has 1 fully saturated rings. The SMILES string of the molecule is CCN1CCC(N(C)C(=O)c2ccccc2Cl)CC1. The van der Waals surface area contributed by atoms with Crippen molar-refractivity contribution in [2.24, 2.45) is 0 Å². The van der Waals surface area contributed by atoms with E-state index in [0.29, 0.717) is 16.6 Å². The Bertz CT molecular complexity index is 442. The molecule has 2 rings (SSSR count). The summed E-state index contributed by atoms with van der Waals surface area (Å²) in [6.45, 7) is 5.41. The Morgan fingerprint density at radius 3 is 2.58 bits per heavy atom. The minimum absolute atomic E-state index is 0.0283. The number of carbonyl (C=O) groups excluding carboxylic acids is 1. The third-order valence-corrected chi connectivity index (χ3v) is 4.31. The van der Waals surface area contributed by atoms with Crippen LogP contribution in [0.5, 0.6) is 0 Å². The highest BCUT2D eigenvalue weighted by molar-refractivity contribution is 6.33. The Morgan fingerprint density at radius 1 is 1.37 bits per heavy atom. The van der Waals surface area contributed by atoms with Gasteiger partial charge in [0.1, 0.15) is 0 Å². The van der Waals surface area contributed by atoms with E-state index in [9.17, 15) is 4.79 Å². The zero-order valence-electron chi connectivity index (χ0n) is 11.6. The second-order valence-electron chi connectivity index (χ2n) is 5.06. The number of halogens is 1. The normalized spacial score (nSPS) is 17.4. The number of piperidine rings is 1. The first kappa shape index (κ1) is 14.4. The molecule has 0 radical (unpaired) electrons. The van der Waals surface area contributed by atoms with Gasteiger partial charge >= 0.3 is 0 Å². The van der Waals surface area contributed by atoms with Crippen molar-refractivity contribution < 1.29 is 4.79 Å². The highest BCUT2D eigenvalue weighted by Gasteiger charge is 2.26. The van der Waals surface area contributed by atoms with Gasteiger partial charge in [0, 0.05) is 26.2 Å². The van der Waals surface area contributed by atoms with Gasteiger partial charge in [0.15, 0.2) is 0 Å². The van der Waals surface area contributed by atoms with E-state index >= 15 is 0 Å². The number of rotatable bonds is 3. The maximum absolute atomic E-state index is 12.4. The topological polar surface area (TPSA) is 23.6 Å². The summed E-state index contributed by atoms with van der Waals surface area (Å²) in [7, 11) is 1.89. The first-order valence-electron chi connectivity index (χ1n) is 6.87. The molecule has 1 amide bonds. The predicted octanol–water partition coefficient (Wildman–Crippen LogP) is 2.90. The van der Waals surface area contributed by atoms with Crippen LogP contribution >= 0.6 is 11.6 Å². The summed E-state index contributed by atoms with van der Waals surface area (Å²) in [5, 5.41) is 0.533. The molecule has 1 saturated heterocycles. The monoisotopic (exact) mass is 280 g/mol. The lowest BCUT2D eigenvalue weighted by molar-refractivity contribution is 0.0647. The van der Waals surface area contributed by atoms with Gasteiger partial charge in [0.2, 0.25) is 0 Å². The molecule has 0 atom stereocenters. The number of amides is 1. The molecule has 0 spiro atoms. The Morgan fingerprint density at radius 2 is 2.00 bits per heavy atom. The summed E-state index contributed by atoms with van der Waals surface area (Å²) in [5.41, 5.74) is 0.601. The number of hydrogen-bond acceptors (Lipinski definition) is 2. The fourth-order valence-electron chi connectivity index (χ4n) is 2.61. The van der Waals surface area contributed by atoms with E-state index < -0.39 is 0 Å². The van der Waals surface area contributed by atoms with Gasteiger partial charge in [-0.3, -0.25) is 4.79 Å². The van der Waals surface area contributed by atoms with E-state index in [2.05, 4.69) is 11.8 Å². The smallest absolute Gasteiger partial charge is 0.255 e. The van der Waals surface area contributed by atoms with Crippen molar-refractivity contribution >= 4 is 17.5 Å². The summed E-state index contributed by atoms with van der Waals surface area (Å²) in [5.74, 6) is 0.0283. The van der Waals surface area contributed by atoms with Gasteiger partial charge in [-0.05, 0) is 31.5 Å². The minimum atomic E-state index is 0.0283. The minimum Gasteiger partial charge on any atom is -0.339 e. The van der Waals surface area contributed by atoms with Crippen LogP contribution in [-0.4, -0.2) is 48.4 Å². The first-order valence-corrected chi connectivity index (χ1v) is 7.25. The van der Waals surface area contributed by atoms with Crippen molar-refractivity contribution in [3.63, 3.8) is 0 Å². The molecule has 1 aliphatic heterocycles. The third kappa shape index (κ3) is 3.28. The van der Waals surface area contributed by atoms with Crippen LogP contribution in [0.4, 0.5) is 0 Å². The van der Waals surface area contributed by atoms with Gasteiger partial charge in [0.05, 0.1) is 10.6 Å². The molecule has 1 heterocycles. The number of likely N-dealkylation sites (tertiary alicyclic amines) is 1. The fraction of sp³-hybridized carbons (Fsp3) is 0.533.